The van der Waals surface area contributed by atoms with E-state index in [9.17, 15) is 9.18 Å². The molecule has 4 aromatic rings. The smallest absolute Gasteiger partial charge is 0.235 e. The molecular weight excluding hydrogens is 451 g/mol. The molecule has 0 aliphatic rings. The number of hydrogen-bond donors (Lipinski definition) is 0. The highest BCUT2D eigenvalue weighted by molar-refractivity contribution is 8.00. The van der Waals surface area contributed by atoms with Gasteiger partial charge in [-0.05, 0) is 61.0 Å². The third kappa shape index (κ3) is 5.28. The number of halogens is 1. The van der Waals surface area contributed by atoms with Crippen molar-refractivity contribution in [1.29, 1.82) is 0 Å². The van der Waals surface area contributed by atoms with Crippen LogP contribution in [0.15, 0.2) is 84.0 Å². The maximum absolute atomic E-state index is 13.5. The Balaban J connectivity index is 1.59. The zero-order valence-electron chi connectivity index (χ0n) is 19.2. The van der Waals surface area contributed by atoms with Gasteiger partial charge in [0.25, 0.3) is 0 Å². The fraction of sp³-hybridized carbons (Fsp3) is 0.192. The molecule has 4 rings (SSSR count). The summed E-state index contributed by atoms with van der Waals surface area (Å²) in [6, 6.07) is 23.7. The van der Waals surface area contributed by atoms with E-state index in [4.69, 9.17) is 4.74 Å². The second-order valence-electron chi connectivity index (χ2n) is 7.79. The lowest BCUT2D eigenvalue weighted by Crippen LogP contribution is -2.33. The number of amides is 1. The van der Waals surface area contributed by atoms with E-state index in [1.54, 1.807) is 31.2 Å². The van der Waals surface area contributed by atoms with Crippen LogP contribution in [0.3, 0.4) is 0 Å². The van der Waals surface area contributed by atoms with Gasteiger partial charge in [-0.2, -0.15) is 0 Å². The standard InChI is InChI=1S/C26H25FN4O2S/c1-18(25(32)30(2)17-19-8-7-9-21(27)16-19)34-26-29-28-24(20-12-14-23(33-3)15-13-20)31(26)22-10-5-4-6-11-22/h4-16,18H,17H2,1-3H3. The van der Waals surface area contributed by atoms with Crippen LogP contribution in [-0.4, -0.2) is 45.0 Å². The van der Waals surface area contributed by atoms with Gasteiger partial charge < -0.3 is 9.64 Å². The normalized spacial score (nSPS) is 11.8. The van der Waals surface area contributed by atoms with Crippen LogP contribution in [0.2, 0.25) is 0 Å². The van der Waals surface area contributed by atoms with Gasteiger partial charge in [-0.25, -0.2) is 4.39 Å². The Morgan fingerprint density at radius 1 is 1.06 bits per heavy atom. The fourth-order valence-corrected chi connectivity index (χ4v) is 4.57. The number of para-hydroxylation sites is 1. The summed E-state index contributed by atoms with van der Waals surface area (Å²) in [5.74, 6) is 1.03. The summed E-state index contributed by atoms with van der Waals surface area (Å²) in [6.07, 6.45) is 0. The number of rotatable bonds is 8. The minimum atomic E-state index is -0.422. The Bertz CT molecular complexity index is 1260. The molecule has 0 saturated carbocycles. The van der Waals surface area contributed by atoms with Crippen LogP contribution in [0.5, 0.6) is 5.75 Å². The molecule has 0 N–H and O–H groups in total. The van der Waals surface area contributed by atoms with Crippen molar-refractivity contribution in [3.05, 3.63) is 90.2 Å². The average molecular weight is 477 g/mol. The van der Waals surface area contributed by atoms with Crippen molar-refractivity contribution >= 4 is 17.7 Å². The molecule has 0 aliphatic heterocycles. The molecular formula is C26H25FN4O2S. The second-order valence-corrected chi connectivity index (χ2v) is 9.10. The SMILES string of the molecule is COc1ccc(-c2nnc(SC(C)C(=O)N(C)Cc3cccc(F)c3)n2-c2ccccc2)cc1. The molecule has 174 valence electrons. The predicted octanol–water partition coefficient (Wildman–Crippen LogP) is 5.22. The van der Waals surface area contributed by atoms with Crippen molar-refractivity contribution in [1.82, 2.24) is 19.7 Å². The number of carbonyl (C=O) groups excluding carboxylic acids is 1. The highest BCUT2D eigenvalue weighted by atomic mass is 32.2. The molecule has 1 heterocycles. The van der Waals surface area contributed by atoms with Crippen LogP contribution >= 0.6 is 11.8 Å². The Kier molecular flexibility index (Phi) is 7.27. The molecule has 34 heavy (non-hydrogen) atoms. The summed E-state index contributed by atoms with van der Waals surface area (Å²) in [5.41, 5.74) is 2.52. The van der Waals surface area contributed by atoms with Crippen molar-refractivity contribution in [2.75, 3.05) is 14.2 Å². The molecule has 0 bridgehead atoms. The monoisotopic (exact) mass is 476 g/mol. The summed E-state index contributed by atoms with van der Waals surface area (Å²) in [6.45, 7) is 2.16. The number of ether oxygens (including phenoxy) is 1. The van der Waals surface area contributed by atoms with Gasteiger partial charge in [-0.15, -0.1) is 10.2 Å². The maximum Gasteiger partial charge on any atom is 0.235 e. The third-order valence-electron chi connectivity index (χ3n) is 5.31. The topological polar surface area (TPSA) is 60.3 Å². The number of benzene rings is 3. The molecule has 6 nitrogen and oxygen atoms in total. The summed E-state index contributed by atoms with van der Waals surface area (Å²) in [5, 5.41) is 9.04. The molecule has 3 aromatic carbocycles. The maximum atomic E-state index is 13.5. The first-order chi connectivity index (χ1) is 16.5. The van der Waals surface area contributed by atoms with Gasteiger partial charge in [0.1, 0.15) is 11.6 Å². The fourth-order valence-electron chi connectivity index (χ4n) is 3.59. The first kappa shape index (κ1) is 23.5. The van der Waals surface area contributed by atoms with Crippen molar-refractivity contribution in [2.45, 2.75) is 23.9 Å². The van der Waals surface area contributed by atoms with E-state index >= 15 is 0 Å². The molecule has 0 aliphatic carbocycles. The van der Waals surface area contributed by atoms with Crippen LogP contribution in [0.1, 0.15) is 12.5 Å². The van der Waals surface area contributed by atoms with E-state index in [2.05, 4.69) is 10.2 Å². The van der Waals surface area contributed by atoms with Crippen molar-refractivity contribution < 1.29 is 13.9 Å². The summed E-state index contributed by atoms with van der Waals surface area (Å²) in [7, 11) is 3.34. The van der Waals surface area contributed by atoms with Gasteiger partial charge in [-0.1, -0.05) is 42.1 Å². The molecule has 0 saturated heterocycles. The number of carbonyl (C=O) groups is 1. The average Bonchev–Trinajstić information content (AvgIpc) is 3.27. The van der Waals surface area contributed by atoms with Gasteiger partial charge in [0.05, 0.1) is 12.4 Å². The molecule has 8 heteroatoms. The molecule has 1 amide bonds. The molecule has 1 aromatic heterocycles. The van der Waals surface area contributed by atoms with Gasteiger partial charge >= 0.3 is 0 Å². The Morgan fingerprint density at radius 3 is 2.47 bits per heavy atom. The number of thioether (sulfide) groups is 1. The molecule has 1 atom stereocenters. The van der Waals surface area contributed by atoms with E-state index in [1.165, 1.54) is 23.9 Å². The van der Waals surface area contributed by atoms with E-state index in [0.29, 0.717) is 17.5 Å². The zero-order valence-corrected chi connectivity index (χ0v) is 20.0. The van der Waals surface area contributed by atoms with E-state index in [0.717, 1.165) is 22.6 Å². The van der Waals surface area contributed by atoms with Crippen LogP contribution in [0, 0.1) is 5.82 Å². The first-order valence-corrected chi connectivity index (χ1v) is 11.7. The number of hydrogen-bond acceptors (Lipinski definition) is 5. The summed E-state index contributed by atoms with van der Waals surface area (Å²) < 4.78 is 20.7. The highest BCUT2D eigenvalue weighted by Gasteiger charge is 2.24. The number of aromatic nitrogens is 3. The third-order valence-corrected chi connectivity index (χ3v) is 6.34. The zero-order chi connectivity index (χ0) is 24.1. The number of methoxy groups -OCH3 is 1. The van der Waals surface area contributed by atoms with E-state index in [-0.39, 0.29) is 11.7 Å². The van der Waals surface area contributed by atoms with Crippen LogP contribution < -0.4 is 4.74 Å². The van der Waals surface area contributed by atoms with Crippen LogP contribution in [-0.2, 0) is 11.3 Å². The summed E-state index contributed by atoms with van der Waals surface area (Å²) in [4.78, 5) is 14.7. The van der Waals surface area contributed by atoms with Gasteiger partial charge in [0, 0.05) is 24.8 Å². The van der Waals surface area contributed by atoms with Gasteiger partial charge in [-0.3, -0.25) is 9.36 Å². The van der Waals surface area contributed by atoms with Gasteiger partial charge in [0.15, 0.2) is 11.0 Å². The van der Waals surface area contributed by atoms with Crippen molar-refractivity contribution in [2.24, 2.45) is 0 Å². The van der Waals surface area contributed by atoms with Crippen LogP contribution in [0.4, 0.5) is 4.39 Å². The predicted molar refractivity (Wildman–Crippen MR) is 132 cm³/mol. The van der Waals surface area contributed by atoms with E-state index < -0.39 is 5.25 Å². The van der Waals surface area contributed by atoms with Crippen molar-refractivity contribution in [3.63, 3.8) is 0 Å². The highest BCUT2D eigenvalue weighted by Crippen LogP contribution is 2.31. The first-order valence-electron chi connectivity index (χ1n) is 10.8. The minimum absolute atomic E-state index is 0.0807. The lowest BCUT2D eigenvalue weighted by atomic mass is 10.2. The molecule has 0 radical (unpaired) electrons. The lowest BCUT2D eigenvalue weighted by Gasteiger charge is -2.21. The summed E-state index contributed by atoms with van der Waals surface area (Å²) >= 11 is 1.34. The Labute approximate surface area is 202 Å². The molecule has 1 unspecified atom stereocenters. The second kappa shape index (κ2) is 10.5. The molecule has 0 spiro atoms. The molecule has 0 fully saturated rings. The minimum Gasteiger partial charge on any atom is -0.497 e. The lowest BCUT2D eigenvalue weighted by molar-refractivity contribution is -0.129. The quantitative estimate of drug-likeness (QED) is 0.326. The Hall–Kier alpha value is -3.65. The van der Waals surface area contributed by atoms with Crippen LogP contribution in [0.25, 0.3) is 17.1 Å². The van der Waals surface area contributed by atoms with Crippen molar-refractivity contribution in [3.8, 4) is 22.8 Å². The van der Waals surface area contributed by atoms with Gasteiger partial charge in [0.2, 0.25) is 5.91 Å². The Morgan fingerprint density at radius 2 is 1.79 bits per heavy atom. The number of nitrogens with zero attached hydrogens (tertiary/aromatic N) is 4. The largest absolute Gasteiger partial charge is 0.497 e. The van der Waals surface area contributed by atoms with E-state index in [1.807, 2.05) is 66.1 Å².